The first kappa shape index (κ1) is 15.6. The SMILES string of the molecule is C=CCCC(C)N(CC=C)S(=O)(=O)c1ccccn1. The van der Waals surface area contributed by atoms with Crippen molar-refractivity contribution in [3.05, 3.63) is 49.7 Å². The Kier molecular flexibility index (Phi) is 5.92. The van der Waals surface area contributed by atoms with Gasteiger partial charge in [0.15, 0.2) is 5.03 Å². The first-order valence-electron chi connectivity index (χ1n) is 6.18. The summed E-state index contributed by atoms with van der Waals surface area (Å²) in [4.78, 5) is 3.93. The van der Waals surface area contributed by atoms with Crippen molar-refractivity contribution in [1.29, 1.82) is 0 Å². The van der Waals surface area contributed by atoms with Gasteiger partial charge in [-0.1, -0.05) is 18.2 Å². The number of nitrogens with zero attached hydrogens (tertiary/aromatic N) is 2. The van der Waals surface area contributed by atoms with Gasteiger partial charge >= 0.3 is 0 Å². The molecule has 4 nitrogen and oxygen atoms in total. The lowest BCUT2D eigenvalue weighted by molar-refractivity contribution is 0.347. The second-order valence-corrected chi connectivity index (χ2v) is 6.08. The summed E-state index contributed by atoms with van der Waals surface area (Å²) in [7, 11) is -3.58. The zero-order chi connectivity index (χ0) is 14.3. The number of hydrogen-bond donors (Lipinski definition) is 0. The molecule has 0 aliphatic heterocycles. The zero-order valence-electron chi connectivity index (χ0n) is 11.2. The van der Waals surface area contributed by atoms with E-state index in [1.54, 1.807) is 24.3 Å². The number of sulfonamides is 1. The van der Waals surface area contributed by atoms with Crippen molar-refractivity contribution in [2.75, 3.05) is 6.54 Å². The van der Waals surface area contributed by atoms with E-state index >= 15 is 0 Å². The molecule has 19 heavy (non-hydrogen) atoms. The molecular weight excluding hydrogens is 260 g/mol. The molecule has 0 aliphatic rings. The van der Waals surface area contributed by atoms with Crippen molar-refractivity contribution >= 4 is 10.0 Å². The van der Waals surface area contributed by atoms with E-state index in [-0.39, 0.29) is 17.6 Å². The van der Waals surface area contributed by atoms with E-state index in [4.69, 9.17) is 0 Å². The van der Waals surface area contributed by atoms with Crippen LogP contribution >= 0.6 is 0 Å². The number of allylic oxidation sites excluding steroid dienone is 1. The van der Waals surface area contributed by atoms with Crippen molar-refractivity contribution in [1.82, 2.24) is 9.29 Å². The quantitative estimate of drug-likeness (QED) is 0.688. The van der Waals surface area contributed by atoms with Crippen LogP contribution in [0.3, 0.4) is 0 Å². The van der Waals surface area contributed by atoms with Crippen molar-refractivity contribution < 1.29 is 8.42 Å². The maximum absolute atomic E-state index is 12.5. The molecule has 0 spiro atoms. The van der Waals surface area contributed by atoms with Gasteiger partial charge in [-0.2, -0.15) is 4.31 Å². The Bertz CT molecular complexity index is 512. The van der Waals surface area contributed by atoms with Gasteiger partial charge in [-0.05, 0) is 31.9 Å². The Balaban J connectivity index is 3.04. The maximum atomic E-state index is 12.5. The lowest BCUT2D eigenvalue weighted by Gasteiger charge is -2.26. The molecule has 0 N–H and O–H groups in total. The molecule has 0 radical (unpaired) electrons. The van der Waals surface area contributed by atoms with Crippen LogP contribution in [0.5, 0.6) is 0 Å². The minimum atomic E-state index is -3.58. The number of pyridine rings is 1. The first-order valence-corrected chi connectivity index (χ1v) is 7.62. The van der Waals surface area contributed by atoms with Crippen LogP contribution in [0.4, 0.5) is 0 Å². The minimum Gasteiger partial charge on any atom is -0.243 e. The number of aromatic nitrogens is 1. The Hall–Kier alpha value is -1.46. The molecule has 0 saturated carbocycles. The maximum Gasteiger partial charge on any atom is 0.261 e. The zero-order valence-corrected chi connectivity index (χ0v) is 12.0. The van der Waals surface area contributed by atoms with Gasteiger partial charge in [-0.15, -0.1) is 13.2 Å². The fourth-order valence-electron chi connectivity index (χ4n) is 1.77. The Morgan fingerprint density at radius 2 is 2.11 bits per heavy atom. The average molecular weight is 280 g/mol. The largest absolute Gasteiger partial charge is 0.261 e. The predicted octanol–water partition coefficient (Wildman–Crippen LogP) is 2.61. The molecule has 0 aromatic carbocycles. The lowest BCUT2D eigenvalue weighted by Crippen LogP contribution is -2.39. The van der Waals surface area contributed by atoms with E-state index in [2.05, 4.69) is 18.1 Å². The highest BCUT2D eigenvalue weighted by molar-refractivity contribution is 7.89. The molecule has 1 aromatic rings. The van der Waals surface area contributed by atoms with Gasteiger partial charge in [0.05, 0.1) is 0 Å². The smallest absolute Gasteiger partial charge is 0.243 e. The van der Waals surface area contributed by atoms with Crippen molar-refractivity contribution in [2.24, 2.45) is 0 Å². The summed E-state index contributed by atoms with van der Waals surface area (Å²) in [6, 6.07) is 4.74. The van der Waals surface area contributed by atoms with Crippen molar-refractivity contribution in [2.45, 2.75) is 30.8 Å². The molecule has 0 amide bonds. The van der Waals surface area contributed by atoms with Gasteiger partial charge in [-0.25, -0.2) is 13.4 Å². The number of rotatable bonds is 8. The van der Waals surface area contributed by atoms with Gasteiger partial charge in [0.2, 0.25) is 0 Å². The van der Waals surface area contributed by atoms with E-state index in [1.165, 1.54) is 16.6 Å². The van der Waals surface area contributed by atoms with Crippen LogP contribution in [0.1, 0.15) is 19.8 Å². The van der Waals surface area contributed by atoms with E-state index < -0.39 is 10.0 Å². The van der Waals surface area contributed by atoms with E-state index in [0.717, 1.165) is 12.8 Å². The third-order valence-electron chi connectivity index (χ3n) is 2.80. The Labute approximate surface area is 115 Å². The lowest BCUT2D eigenvalue weighted by atomic mass is 10.2. The van der Waals surface area contributed by atoms with Gasteiger partial charge in [-0.3, -0.25) is 0 Å². The average Bonchev–Trinajstić information content (AvgIpc) is 2.43. The second-order valence-electron chi connectivity index (χ2n) is 4.25. The van der Waals surface area contributed by atoms with E-state index in [1.807, 2.05) is 6.92 Å². The van der Waals surface area contributed by atoms with Crippen LogP contribution in [0.25, 0.3) is 0 Å². The summed E-state index contributed by atoms with van der Waals surface area (Å²) in [6.07, 6.45) is 6.35. The topological polar surface area (TPSA) is 50.3 Å². The van der Waals surface area contributed by atoms with Crippen LogP contribution in [0, 0.1) is 0 Å². The third-order valence-corrected chi connectivity index (χ3v) is 4.70. The molecule has 1 atom stereocenters. The molecule has 1 aromatic heterocycles. The Morgan fingerprint density at radius 3 is 2.63 bits per heavy atom. The van der Waals surface area contributed by atoms with Crippen LogP contribution in [0.2, 0.25) is 0 Å². The third kappa shape index (κ3) is 4.01. The van der Waals surface area contributed by atoms with Gasteiger partial charge < -0.3 is 0 Å². The molecule has 104 valence electrons. The molecule has 1 heterocycles. The summed E-state index contributed by atoms with van der Waals surface area (Å²) >= 11 is 0. The fraction of sp³-hybridized carbons (Fsp3) is 0.357. The molecule has 1 unspecified atom stereocenters. The first-order chi connectivity index (χ1) is 9.04. The normalized spacial score (nSPS) is 13.2. The molecule has 1 rings (SSSR count). The van der Waals surface area contributed by atoms with Crippen LogP contribution in [0.15, 0.2) is 54.7 Å². The van der Waals surface area contributed by atoms with Crippen LogP contribution in [-0.2, 0) is 10.0 Å². The summed E-state index contributed by atoms with van der Waals surface area (Å²) in [5, 5.41) is 0.0716. The molecule has 0 aliphatic carbocycles. The Morgan fingerprint density at radius 1 is 1.37 bits per heavy atom. The number of hydrogen-bond acceptors (Lipinski definition) is 3. The highest BCUT2D eigenvalue weighted by Crippen LogP contribution is 2.18. The second kappa shape index (κ2) is 7.21. The minimum absolute atomic E-state index is 0.0716. The van der Waals surface area contributed by atoms with Crippen LogP contribution in [-0.4, -0.2) is 30.3 Å². The summed E-state index contributed by atoms with van der Waals surface area (Å²) in [6.45, 7) is 9.44. The highest BCUT2D eigenvalue weighted by Gasteiger charge is 2.28. The molecular formula is C14H20N2O2S. The molecule has 0 saturated heterocycles. The molecule has 0 bridgehead atoms. The van der Waals surface area contributed by atoms with Crippen molar-refractivity contribution in [3.63, 3.8) is 0 Å². The van der Waals surface area contributed by atoms with Gasteiger partial charge in [0, 0.05) is 18.8 Å². The highest BCUT2D eigenvalue weighted by atomic mass is 32.2. The fourth-order valence-corrected chi connectivity index (χ4v) is 3.33. The van der Waals surface area contributed by atoms with Gasteiger partial charge in [0.1, 0.15) is 0 Å². The van der Waals surface area contributed by atoms with Gasteiger partial charge in [0.25, 0.3) is 10.0 Å². The predicted molar refractivity (Wildman–Crippen MR) is 77.2 cm³/mol. The summed E-state index contributed by atoms with van der Waals surface area (Å²) in [5.74, 6) is 0. The summed E-state index contributed by atoms with van der Waals surface area (Å²) in [5.41, 5.74) is 0. The van der Waals surface area contributed by atoms with Crippen LogP contribution < -0.4 is 0 Å². The molecule has 5 heteroatoms. The van der Waals surface area contributed by atoms with E-state index in [0.29, 0.717) is 0 Å². The molecule has 0 fully saturated rings. The standard InChI is InChI=1S/C14H20N2O2S/c1-4-6-9-13(3)16(12-5-2)19(17,18)14-10-7-8-11-15-14/h4-5,7-8,10-11,13H,1-2,6,9,12H2,3H3. The van der Waals surface area contributed by atoms with Crippen molar-refractivity contribution in [3.8, 4) is 0 Å². The monoisotopic (exact) mass is 280 g/mol. The summed E-state index contributed by atoms with van der Waals surface area (Å²) < 4.78 is 26.5. The van der Waals surface area contributed by atoms with E-state index in [9.17, 15) is 8.42 Å².